The van der Waals surface area contributed by atoms with Crippen LogP contribution in [0.2, 0.25) is 0 Å². The fourth-order valence-electron chi connectivity index (χ4n) is 1.56. The number of methoxy groups -OCH3 is 1. The Bertz CT molecular complexity index is 586. The molecule has 0 aliphatic carbocycles. The van der Waals surface area contributed by atoms with Gasteiger partial charge in [-0.3, -0.25) is 5.41 Å². The number of nitrogens with zero attached hydrogens (tertiary/aromatic N) is 2. The predicted octanol–water partition coefficient (Wildman–Crippen LogP) is 1.70. The van der Waals surface area contributed by atoms with Gasteiger partial charge in [0.1, 0.15) is 11.6 Å². The van der Waals surface area contributed by atoms with Crippen molar-refractivity contribution in [3.8, 4) is 11.6 Å². The van der Waals surface area contributed by atoms with Gasteiger partial charge in [0, 0.05) is 19.5 Å². The summed E-state index contributed by atoms with van der Waals surface area (Å²) in [6.07, 6.45) is 2.95. The van der Waals surface area contributed by atoms with E-state index in [1.165, 1.54) is 12.4 Å². The Morgan fingerprint density at radius 1 is 1.32 bits per heavy atom. The molecule has 1 aromatic heterocycles. The van der Waals surface area contributed by atoms with Crippen LogP contribution in [0.25, 0.3) is 0 Å². The molecule has 0 atom stereocenters. The fourth-order valence-corrected chi connectivity index (χ4v) is 1.56. The van der Waals surface area contributed by atoms with Crippen LogP contribution >= 0.6 is 0 Å². The van der Waals surface area contributed by atoms with E-state index in [2.05, 4.69) is 9.97 Å². The number of nitrogens with one attached hydrogen (secondary N) is 1. The predicted molar refractivity (Wildman–Crippen MR) is 70.3 cm³/mol. The summed E-state index contributed by atoms with van der Waals surface area (Å²) in [6, 6.07) is 7.41. The molecule has 1 aromatic carbocycles. The Hall–Kier alpha value is -2.47. The van der Waals surface area contributed by atoms with Crippen molar-refractivity contribution >= 4 is 5.84 Å². The molecule has 6 heteroatoms. The lowest BCUT2D eigenvalue weighted by Crippen LogP contribution is -2.15. The molecule has 3 N–H and O–H groups in total. The molecule has 2 rings (SSSR count). The first kappa shape index (κ1) is 13.0. The number of hydrogen-bond acceptors (Lipinski definition) is 5. The third-order valence-corrected chi connectivity index (χ3v) is 2.34. The Morgan fingerprint density at radius 3 is 2.84 bits per heavy atom. The number of nitrogen functional groups attached to an aromatic ring is 1. The van der Waals surface area contributed by atoms with Gasteiger partial charge in [-0.1, -0.05) is 12.1 Å². The van der Waals surface area contributed by atoms with Gasteiger partial charge in [-0.05, 0) is 17.7 Å². The molecule has 0 saturated heterocycles. The van der Waals surface area contributed by atoms with Gasteiger partial charge in [0.2, 0.25) is 5.88 Å². The average molecular weight is 258 g/mol. The summed E-state index contributed by atoms with van der Waals surface area (Å²) in [5.41, 5.74) is 6.63. The van der Waals surface area contributed by atoms with E-state index in [1.807, 2.05) is 18.2 Å². The molecule has 19 heavy (non-hydrogen) atoms. The van der Waals surface area contributed by atoms with Gasteiger partial charge in [-0.25, -0.2) is 9.97 Å². The monoisotopic (exact) mass is 258 g/mol. The van der Waals surface area contributed by atoms with Crippen molar-refractivity contribution in [2.75, 3.05) is 7.11 Å². The SMILES string of the molecule is COCc1cccc(Oc2nccnc2C(=N)N)c1. The molecular formula is C13H14N4O2. The molecule has 0 aliphatic rings. The molecule has 0 bridgehead atoms. The Morgan fingerprint density at radius 2 is 2.11 bits per heavy atom. The maximum atomic E-state index is 7.43. The first-order valence-electron chi connectivity index (χ1n) is 5.62. The molecular weight excluding hydrogens is 244 g/mol. The number of rotatable bonds is 5. The number of amidine groups is 1. The quantitative estimate of drug-likeness (QED) is 0.628. The Kier molecular flexibility index (Phi) is 4.04. The molecule has 98 valence electrons. The minimum atomic E-state index is -0.184. The van der Waals surface area contributed by atoms with Gasteiger partial charge in [-0.2, -0.15) is 0 Å². The molecule has 6 nitrogen and oxygen atoms in total. The molecule has 0 spiro atoms. The highest BCUT2D eigenvalue weighted by molar-refractivity contribution is 5.95. The van der Waals surface area contributed by atoms with E-state index < -0.39 is 0 Å². The summed E-state index contributed by atoms with van der Waals surface area (Å²) in [7, 11) is 1.63. The zero-order chi connectivity index (χ0) is 13.7. The first-order chi connectivity index (χ1) is 9.20. The number of nitrogens with two attached hydrogens (primary N) is 1. The van der Waals surface area contributed by atoms with E-state index >= 15 is 0 Å². The fraction of sp³-hybridized carbons (Fsp3) is 0.154. The average Bonchev–Trinajstić information content (AvgIpc) is 2.40. The van der Waals surface area contributed by atoms with Crippen molar-refractivity contribution in [1.82, 2.24) is 9.97 Å². The van der Waals surface area contributed by atoms with Crippen LogP contribution in [0.4, 0.5) is 0 Å². The molecule has 2 aromatic rings. The van der Waals surface area contributed by atoms with E-state index in [4.69, 9.17) is 20.6 Å². The van der Waals surface area contributed by atoms with Crippen LogP contribution in [-0.2, 0) is 11.3 Å². The molecule has 0 amide bonds. The molecule has 0 radical (unpaired) electrons. The molecule has 0 unspecified atom stereocenters. The smallest absolute Gasteiger partial charge is 0.249 e. The normalized spacial score (nSPS) is 10.2. The van der Waals surface area contributed by atoms with E-state index in [0.717, 1.165) is 5.56 Å². The first-order valence-corrected chi connectivity index (χ1v) is 5.62. The number of aromatic nitrogens is 2. The zero-order valence-corrected chi connectivity index (χ0v) is 10.5. The highest BCUT2D eigenvalue weighted by Crippen LogP contribution is 2.22. The lowest BCUT2D eigenvalue weighted by atomic mass is 10.2. The van der Waals surface area contributed by atoms with Crippen molar-refractivity contribution in [2.24, 2.45) is 5.73 Å². The van der Waals surface area contributed by atoms with Crippen molar-refractivity contribution in [3.05, 3.63) is 47.9 Å². The summed E-state index contributed by atoms with van der Waals surface area (Å²) in [5, 5.41) is 7.43. The van der Waals surface area contributed by atoms with Gasteiger partial charge in [0.05, 0.1) is 6.61 Å². The minimum Gasteiger partial charge on any atom is -0.437 e. The zero-order valence-electron chi connectivity index (χ0n) is 10.5. The Labute approximate surface area is 110 Å². The van der Waals surface area contributed by atoms with Gasteiger partial charge < -0.3 is 15.2 Å². The largest absolute Gasteiger partial charge is 0.437 e. The van der Waals surface area contributed by atoms with Crippen molar-refractivity contribution in [2.45, 2.75) is 6.61 Å². The summed E-state index contributed by atoms with van der Waals surface area (Å²) in [5.74, 6) is 0.623. The van der Waals surface area contributed by atoms with Gasteiger partial charge in [0.25, 0.3) is 0 Å². The maximum Gasteiger partial charge on any atom is 0.249 e. The molecule has 1 heterocycles. The van der Waals surface area contributed by atoms with Crippen LogP contribution in [0.5, 0.6) is 11.6 Å². The van der Waals surface area contributed by atoms with Crippen molar-refractivity contribution < 1.29 is 9.47 Å². The lowest BCUT2D eigenvalue weighted by Gasteiger charge is -2.08. The summed E-state index contributed by atoms with van der Waals surface area (Å²) >= 11 is 0. The second-order valence-electron chi connectivity index (χ2n) is 3.81. The van der Waals surface area contributed by atoms with Crippen LogP contribution < -0.4 is 10.5 Å². The van der Waals surface area contributed by atoms with Crippen LogP contribution in [0, 0.1) is 5.41 Å². The van der Waals surface area contributed by atoms with Gasteiger partial charge in [0.15, 0.2) is 5.69 Å². The summed E-state index contributed by atoms with van der Waals surface area (Å²) < 4.78 is 10.7. The third-order valence-electron chi connectivity index (χ3n) is 2.34. The second-order valence-corrected chi connectivity index (χ2v) is 3.81. The molecule has 0 aliphatic heterocycles. The van der Waals surface area contributed by atoms with Crippen LogP contribution in [0.3, 0.4) is 0 Å². The van der Waals surface area contributed by atoms with Crippen LogP contribution in [-0.4, -0.2) is 22.9 Å². The van der Waals surface area contributed by atoms with Crippen molar-refractivity contribution in [1.29, 1.82) is 5.41 Å². The van der Waals surface area contributed by atoms with E-state index in [0.29, 0.717) is 12.4 Å². The Balaban J connectivity index is 2.26. The number of benzene rings is 1. The van der Waals surface area contributed by atoms with E-state index in [9.17, 15) is 0 Å². The van der Waals surface area contributed by atoms with Crippen molar-refractivity contribution in [3.63, 3.8) is 0 Å². The van der Waals surface area contributed by atoms with Crippen LogP contribution in [0.15, 0.2) is 36.7 Å². The van der Waals surface area contributed by atoms with E-state index in [-0.39, 0.29) is 17.4 Å². The standard InChI is InChI=1S/C13H14N4O2/c1-18-8-9-3-2-4-10(7-9)19-13-11(12(14)15)16-5-6-17-13/h2-7H,8H2,1H3,(H3,14,15). The summed E-state index contributed by atoms with van der Waals surface area (Å²) in [6.45, 7) is 0.497. The van der Waals surface area contributed by atoms with Gasteiger partial charge in [-0.15, -0.1) is 0 Å². The van der Waals surface area contributed by atoms with E-state index in [1.54, 1.807) is 13.2 Å². The summed E-state index contributed by atoms with van der Waals surface area (Å²) in [4.78, 5) is 8.01. The van der Waals surface area contributed by atoms with Crippen LogP contribution in [0.1, 0.15) is 11.3 Å². The maximum absolute atomic E-state index is 7.43. The lowest BCUT2D eigenvalue weighted by molar-refractivity contribution is 0.184. The third kappa shape index (κ3) is 3.26. The molecule has 0 saturated carbocycles. The topological polar surface area (TPSA) is 94.1 Å². The minimum absolute atomic E-state index is 0.184. The highest BCUT2D eigenvalue weighted by atomic mass is 16.5. The molecule has 0 fully saturated rings. The number of ether oxygens (including phenoxy) is 2. The highest BCUT2D eigenvalue weighted by Gasteiger charge is 2.10. The number of hydrogen-bond donors (Lipinski definition) is 2. The second kappa shape index (κ2) is 5.92. The van der Waals surface area contributed by atoms with Gasteiger partial charge >= 0.3 is 0 Å².